The van der Waals surface area contributed by atoms with Crippen LogP contribution >= 0.6 is 0 Å². The highest BCUT2D eigenvalue weighted by Gasteiger charge is 2.23. The molecule has 114 valence electrons. The van der Waals surface area contributed by atoms with Gasteiger partial charge in [-0.3, -0.25) is 9.10 Å². The lowest BCUT2D eigenvalue weighted by Gasteiger charge is -2.25. The molecule has 0 aliphatic rings. The molecule has 0 atom stereocenters. The van der Waals surface area contributed by atoms with Crippen molar-refractivity contribution in [2.45, 2.75) is 26.3 Å². The van der Waals surface area contributed by atoms with Crippen molar-refractivity contribution in [2.75, 3.05) is 17.1 Å². The Kier molecular flexibility index (Phi) is 4.97. The van der Waals surface area contributed by atoms with Gasteiger partial charge in [0.1, 0.15) is 6.54 Å². The number of carbonyl (C=O) groups excluding carboxylic acids is 1. The quantitative estimate of drug-likeness (QED) is 0.906. The van der Waals surface area contributed by atoms with Gasteiger partial charge in [0.2, 0.25) is 15.9 Å². The van der Waals surface area contributed by atoms with Gasteiger partial charge >= 0.3 is 0 Å². The van der Waals surface area contributed by atoms with Gasteiger partial charge in [-0.1, -0.05) is 0 Å². The largest absolute Gasteiger partial charge is 0.350 e. The van der Waals surface area contributed by atoms with Crippen LogP contribution in [0.25, 0.3) is 0 Å². The summed E-state index contributed by atoms with van der Waals surface area (Å²) in [6, 6.07) is 7.98. The number of anilines is 1. The van der Waals surface area contributed by atoms with E-state index in [-0.39, 0.29) is 6.54 Å². The third-order valence-electron chi connectivity index (χ3n) is 2.49. The zero-order valence-corrected chi connectivity index (χ0v) is 13.4. The first-order chi connectivity index (χ1) is 9.53. The fraction of sp³-hybridized carbons (Fsp3) is 0.429. The van der Waals surface area contributed by atoms with Crippen molar-refractivity contribution in [3.63, 3.8) is 0 Å². The van der Waals surface area contributed by atoms with Crippen LogP contribution in [0.3, 0.4) is 0 Å². The van der Waals surface area contributed by atoms with Gasteiger partial charge in [-0.15, -0.1) is 0 Å². The van der Waals surface area contributed by atoms with E-state index < -0.39 is 21.5 Å². The lowest BCUT2D eigenvalue weighted by Crippen LogP contribution is -2.47. The highest BCUT2D eigenvalue weighted by molar-refractivity contribution is 7.92. The number of hydrogen-bond donors (Lipinski definition) is 1. The summed E-state index contributed by atoms with van der Waals surface area (Å²) in [5.74, 6) is -0.391. The Bertz CT molecular complexity index is 652. The number of amides is 1. The van der Waals surface area contributed by atoms with Crippen LogP contribution in [0.4, 0.5) is 5.69 Å². The number of nitrogens with zero attached hydrogens (tertiary/aromatic N) is 2. The van der Waals surface area contributed by atoms with E-state index in [0.29, 0.717) is 11.3 Å². The van der Waals surface area contributed by atoms with E-state index in [4.69, 9.17) is 5.26 Å². The van der Waals surface area contributed by atoms with Gasteiger partial charge in [0.25, 0.3) is 0 Å². The zero-order valence-electron chi connectivity index (χ0n) is 12.5. The molecule has 6 nitrogen and oxygen atoms in total. The molecular weight excluding hydrogens is 290 g/mol. The molecule has 1 aromatic rings. The summed E-state index contributed by atoms with van der Waals surface area (Å²) in [5, 5.41) is 11.5. The van der Waals surface area contributed by atoms with Gasteiger partial charge in [-0.25, -0.2) is 8.42 Å². The van der Waals surface area contributed by atoms with Gasteiger partial charge < -0.3 is 5.32 Å². The summed E-state index contributed by atoms with van der Waals surface area (Å²) in [7, 11) is -3.60. The molecule has 1 amide bonds. The number of sulfonamides is 1. The summed E-state index contributed by atoms with van der Waals surface area (Å²) in [4.78, 5) is 11.9. The van der Waals surface area contributed by atoms with Crippen molar-refractivity contribution < 1.29 is 13.2 Å². The first kappa shape index (κ1) is 17.0. The second-order valence-corrected chi connectivity index (χ2v) is 7.63. The Morgan fingerprint density at radius 3 is 2.19 bits per heavy atom. The first-order valence-electron chi connectivity index (χ1n) is 6.32. The van der Waals surface area contributed by atoms with Crippen molar-refractivity contribution in [3.8, 4) is 6.07 Å². The lowest BCUT2D eigenvalue weighted by atomic mass is 10.1. The molecule has 0 bridgehead atoms. The van der Waals surface area contributed by atoms with Gasteiger partial charge in [0, 0.05) is 5.54 Å². The molecule has 0 aliphatic carbocycles. The highest BCUT2D eigenvalue weighted by atomic mass is 32.2. The number of rotatable bonds is 4. The Balaban J connectivity index is 3.02. The molecule has 0 heterocycles. The smallest absolute Gasteiger partial charge is 0.241 e. The van der Waals surface area contributed by atoms with E-state index in [0.717, 1.165) is 10.6 Å². The minimum absolute atomic E-state index is 0.304. The molecule has 0 saturated heterocycles. The molecule has 21 heavy (non-hydrogen) atoms. The molecule has 7 heteroatoms. The molecule has 0 fully saturated rings. The SMILES string of the molecule is CC(C)(C)NC(=O)CN(c1ccc(C#N)cc1)S(C)(=O)=O. The van der Waals surface area contributed by atoms with Crippen molar-refractivity contribution in [1.29, 1.82) is 5.26 Å². The molecular formula is C14H19N3O3S. The summed E-state index contributed by atoms with van der Waals surface area (Å²) in [6.45, 7) is 5.15. The maximum Gasteiger partial charge on any atom is 0.241 e. The number of nitrogens with one attached hydrogen (secondary N) is 1. The average molecular weight is 309 g/mol. The van der Waals surface area contributed by atoms with Crippen molar-refractivity contribution in [1.82, 2.24) is 5.32 Å². The highest BCUT2D eigenvalue weighted by Crippen LogP contribution is 2.18. The third kappa shape index (κ3) is 5.44. The molecule has 0 aromatic heterocycles. The molecule has 1 aromatic carbocycles. The maximum atomic E-state index is 11.9. The zero-order chi connectivity index (χ0) is 16.3. The molecule has 1 rings (SSSR count). The molecule has 0 radical (unpaired) electrons. The topological polar surface area (TPSA) is 90.3 Å². The molecule has 0 saturated carbocycles. The molecule has 1 N–H and O–H groups in total. The van der Waals surface area contributed by atoms with E-state index >= 15 is 0 Å². The van der Waals surface area contributed by atoms with Crippen LogP contribution in [-0.2, 0) is 14.8 Å². The van der Waals surface area contributed by atoms with E-state index in [1.165, 1.54) is 24.3 Å². The number of hydrogen-bond acceptors (Lipinski definition) is 4. The maximum absolute atomic E-state index is 11.9. The molecule has 0 aliphatic heterocycles. The van der Waals surface area contributed by atoms with E-state index in [9.17, 15) is 13.2 Å². The van der Waals surface area contributed by atoms with Gasteiger partial charge in [0.05, 0.1) is 23.6 Å². The number of benzene rings is 1. The minimum Gasteiger partial charge on any atom is -0.350 e. The fourth-order valence-corrected chi connectivity index (χ4v) is 2.55. The number of nitriles is 1. The summed E-state index contributed by atoms with van der Waals surface area (Å²) in [5.41, 5.74) is 0.331. The second kappa shape index (κ2) is 6.14. The monoisotopic (exact) mass is 309 g/mol. The summed E-state index contributed by atoms with van der Waals surface area (Å²) in [6.07, 6.45) is 1.04. The van der Waals surface area contributed by atoms with Crippen LogP contribution < -0.4 is 9.62 Å². The van der Waals surface area contributed by atoms with Gasteiger partial charge in [0.15, 0.2) is 0 Å². The first-order valence-corrected chi connectivity index (χ1v) is 8.16. The van der Waals surface area contributed by atoms with Crippen molar-refractivity contribution in [2.24, 2.45) is 0 Å². The van der Waals surface area contributed by atoms with E-state index in [1.807, 2.05) is 26.8 Å². The minimum atomic E-state index is -3.60. The number of carbonyl (C=O) groups is 1. The Morgan fingerprint density at radius 1 is 1.29 bits per heavy atom. The van der Waals surface area contributed by atoms with Gasteiger partial charge in [-0.05, 0) is 45.0 Å². The Hall–Kier alpha value is -2.07. The third-order valence-corrected chi connectivity index (χ3v) is 3.63. The predicted molar refractivity (Wildman–Crippen MR) is 81.2 cm³/mol. The van der Waals surface area contributed by atoms with Crippen molar-refractivity contribution >= 4 is 21.6 Å². The molecule has 0 unspecified atom stereocenters. The standard InChI is InChI=1S/C14H19N3O3S/c1-14(2,3)16-13(18)10-17(21(4,19)20)12-7-5-11(9-15)6-8-12/h5-8H,10H2,1-4H3,(H,16,18). The average Bonchev–Trinajstić information content (AvgIpc) is 2.33. The van der Waals surface area contributed by atoms with Crippen LogP contribution in [0.5, 0.6) is 0 Å². The second-order valence-electron chi connectivity index (χ2n) is 5.73. The lowest BCUT2D eigenvalue weighted by molar-refractivity contribution is -0.121. The van der Waals surface area contributed by atoms with Gasteiger partial charge in [-0.2, -0.15) is 5.26 Å². The predicted octanol–water partition coefficient (Wildman–Crippen LogP) is 1.24. The summed E-state index contributed by atoms with van der Waals surface area (Å²) < 4.78 is 24.7. The van der Waals surface area contributed by atoms with Crippen LogP contribution in [0, 0.1) is 11.3 Å². The Morgan fingerprint density at radius 2 is 1.81 bits per heavy atom. The molecule has 0 spiro atoms. The van der Waals surface area contributed by atoms with Crippen LogP contribution in [-0.4, -0.2) is 32.7 Å². The normalized spacial score (nSPS) is 11.6. The van der Waals surface area contributed by atoms with Crippen LogP contribution in [0.15, 0.2) is 24.3 Å². The van der Waals surface area contributed by atoms with E-state index in [2.05, 4.69) is 5.32 Å². The summed E-state index contributed by atoms with van der Waals surface area (Å²) >= 11 is 0. The van der Waals surface area contributed by atoms with E-state index in [1.54, 1.807) is 0 Å². The van der Waals surface area contributed by atoms with Crippen LogP contribution in [0.1, 0.15) is 26.3 Å². The Labute approximate surface area is 125 Å². The van der Waals surface area contributed by atoms with Crippen LogP contribution in [0.2, 0.25) is 0 Å². The van der Waals surface area contributed by atoms with Crippen molar-refractivity contribution in [3.05, 3.63) is 29.8 Å². The fourth-order valence-electron chi connectivity index (χ4n) is 1.69.